The highest BCUT2D eigenvalue weighted by Crippen LogP contribution is 2.64. The van der Waals surface area contributed by atoms with Gasteiger partial charge in [-0.1, -0.05) is 135 Å². The first kappa shape index (κ1) is 34.3. The highest BCUT2D eigenvalue weighted by Gasteiger charge is 2.53. The Morgan fingerprint density at radius 3 is 1.85 bits per heavy atom. The van der Waals surface area contributed by atoms with Gasteiger partial charge in [-0.05, 0) is 141 Å². The van der Waals surface area contributed by atoms with Crippen molar-refractivity contribution < 1.29 is 0 Å². The summed E-state index contributed by atoms with van der Waals surface area (Å²) in [6, 6.07) is 65.0. The van der Waals surface area contributed by atoms with Gasteiger partial charge in [0.05, 0.1) is 11.1 Å². The molecule has 0 unspecified atom stereocenters. The second-order valence-electron chi connectivity index (χ2n) is 17.6. The molecule has 8 aromatic carbocycles. The summed E-state index contributed by atoms with van der Waals surface area (Å²) in [5.41, 5.74) is 24.7. The van der Waals surface area contributed by atoms with Crippen LogP contribution in [0.2, 0.25) is 0 Å². The summed E-state index contributed by atoms with van der Waals surface area (Å²) < 4.78 is 2.74. The van der Waals surface area contributed by atoms with Crippen molar-refractivity contribution in [2.75, 3.05) is 9.80 Å². The largest absolute Gasteiger partial charge is 0.311 e. The lowest BCUT2D eigenvalue weighted by Crippen LogP contribution is -2.60. The first-order valence-electron chi connectivity index (χ1n) is 21.3. The molecule has 9 aromatic rings. The molecule has 13 rings (SSSR count). The molecule has 0 N–H and O–H groups in total. The minimum Gasteiger partial charge on any atom is -0.311 e. The van der Waals surface area contributed by atoms with E-state index >= 15 is 0 Å². The van der Waals surface area contributed by atoms with E-state index in [2.05, 4.69) is 207 Å². The zero-order valence-corrected chi connectivity index (χ0v) is 34.9. The van der Waals surface area contributed by atoms with Gasteiger partial charge in [-0.3, -0.25) is 0 Å². The summed E-state index contributed by atoms with van der Waals surface area (Å²) in [6.45, 7) is 9.17. The van der Waals surface area contributed by atoms with Crippen LogP contribution >= 0.6 is 11.3 Å². The molecule has 1 spiro atoms. The van der Waals surface area contributed by atoms with E-state index in [1.54, 1.807) is 0 Å². The average Bonchev–Trinajstić information content (AvgIpc) is 3.89. The van der Waals surface area contributed by atoms with Crippen LogP contribution in [0.5, 0.6) is 0 Å². The molecule has 4 heteroatoms. The number of nitrogens with zero attached hydrogens (tertiary/aromatic N) is 2. The number of thiophene rings is 1. The van der Waals surface area contributed by atoms with Crippen molar-refractivity contribution in [2.45, 2.75) is 39.0 Å². The van der Waals surface area contributed by atoms with Crippen LogP contribution in [-0.2, 0) is 5.41 Å². The van der Waals surface area contributed by atoms with Gasteiger partial charge < -0.3 is 9.80 Å². The quantitative estimate of drug-likeness (QED) is 0.165. The molecule has 2 aliphatic heterocycles. The number of hydrogen-bond acceptors (Lipinski definition) is 3. The SMILES string of the molecule is Cc1ccc(N2c3cc(C)cc4c3B(c3ccccc3N4c3ccccc3)c3sc4cc5c(cc4c32)-c2ccc(C(C)C)cc2C52c3ccccc3-c3ccccc32)cc1. The van der Waals surface area contributed by atoms with Crippen LogP contribution < -0.4 is 25.5 Å². The third kappa shape index (κ3) is 4.34. The van der Waals surface area contributed by atoms with E-state index in [1.807, 2.05) is 11.3 Å². The number of fused-ring (bicyclic) bond motifs is 16. The fraction of sp³-hybridized carbons (Fsp3) is 0.107. The lowest BCUT2D eigenvalue weighted by Gasteiger charge is -2.43. The Morgan fingerprint density at radius 1 is 0.500 bits per heavy atom. The molecule has 0 saturated carbocycles. The second-order valence-corrected chi connectivity index (χ2v) is 18.6. The number of benzene rings is 8. The van der Waals surface area contributed by atoms with Crippen LogP contribution in [-0.4, -0.2) is 6.71 Å². The molecule has 0 amide bonds. The number of hydrogen-bond donors (Lipinski definition) is 0. The van der Waals surface area contributed by atoms with Crippen LogP contribution in [0.15, 0.2) is 170 Å². The van der Waals surface area contributed by atoms with Gasteiger partial charge in [0.25, 0.3) is 6.71 Å². The molecular formula is C56H41BN2S. The first-order chi connectivity index (χ1) is 29.4. The number of para-hydroxylation sites is 2. The summed E-state index contributed by atoms with van der Waals surface area (Å²) in [4.78, 5) is 5.10. The van der Waals surface area contributed by atoms with Crippen LogP contribution in [0.3, 0.4) is 0 Å². The van der Waals surface area contributed by atoms with Gasteiger partial charge in [-0.25, -0.2) is 0 Å². The Kier molecular flexibility index (Phi) is 6.98. The Bertz CT molecular complexity index is 3240. The van der Waals surface area contributed by atoms with Gasteiger partial charge in [0.15, 0.2) is 0 Å². The Balaban J connectivity index is 1.15. The highest BCUT2D eigenvalue weighted by atomic mass is 32.1. The highest BCUT2D eigenvalue weighted by molar-refractivity contribution is 7.33. The third-order valence-corrected chi connectivity index (χ3v) is 15.1. The molecule has 1 aromatic heterocycles. The molecule has 0 fully saturated rings. The van der Waals surface area contributed by atoms with Crippen LogP contribution in [0.25, 0.3) is 32.3 Å². The molecule has 0 atom stereocenters. The summed E-state index contributed by atoms with van der Waals surface area (Å²) in [5, 5.41) is 1.32. The van der Waals surface area contributed by atoms with Crippen molar-refractivity contribution in [1.82, 2.24) is 0 Å². The van der Waals surface area contributed by atoms with Gasteiger partial charge in [-0.15, -0.1) is 11.3 Å². The van der Waals surface area contributed by atoms with Gasteiger partial charge >= 0.3 is 0 Å². The zero-order chi connectivity index (χ0) is 40.0. The third-order valence-electron chi connectivity index (χ3n) is 13.9. The standard InChI is InChI=1S/C56H41BN2S/c1-33(2)36-24-27-41-42-31-43-52(32-47(42)56(46(41)30-36)44-18-10-8-16-39(44)40-17-9-11-19-45(40)56)60-55-54(43)59(38-25-22-34(3)23-26-38)51-29-35(4)28-50-53(51)57(55)48-20-12-13-21-49(48)58(50)37-14-6-5-7-15-37/h5-33H,1-4H3. The van der Waals surface area contributed by atoms with E-state index in [4.69, 9.17) is 0 Å². The molecular weight excluding hydrogens is 744 g/mol. The summed E-state index contributed by atoms with van der Waals surface area (Å²) in [6.07, 6.45) is 0. The van der Waals surface area contributed by atoms with E-state index < -0.39 is 5.41 Å². The molecule has 0 radical (unpaired) electrons. The van der Waals surface area contributed by atoms with Gasteiger partial charge in [-0.2, -0.15) is 0 Å². The molecule has 60 heavy (non-hydrogen) atoms. The van der Waals surface area contributed by atoms with Crippen molar-refractivity contribution in [3.63, 3.8) is 0 Å². The van der Waals surface area contributed by atoms with E-state index in [9.17, 15) is 0 Å². The fourth-order valence-electron chi connectivity index (χ4n) is 11.4. The summed E-state index contributed by atoms with van der Waals surface area (Å²) >= 11 is 2.00. The zero-order valence-electron chi connectivity index (χ0n) is 34.1. The Hall–Kier alpha value is -6.62. The minimum absolute atomic E-state index is 0.0819. The molecule has 3 heterocycles. The average molecular weight is 785 g/mol. The normalized spacial score (nSPS) is 14.5. The summed E-state index contributed by atoms with van der Waals surface area (Å²) in [7, 11) is 0. The maximum Gasteiger partial charge on any atom is 0.264 e. The molecule has 2 nitrogen and oxygen atoms in total. The van der Waals surface area contributed by atoms with Crippen molar-refractivity contribution >= 4 is 78.0 Å². The van der Waals surface area contributed by atoms with Crippen LogP contribution in [0.4, 0.5) is 34.1 Å². The van der Waals surface area contributed by atoms with Crippen LogP contribution in [0, 0.1) is 13.8 Å². The monoisotopic (exact) mass is 784 g/mol. The van der Waals surface area contributed by atoms with Gasteiger partial charge in [0, 0.05) is 43.3 Å². The molecule has 0 bridgehead atoms. The topological polar surface area (TPSA) is 6.48 Å². The molecule has 0 saturated heterocycles. The number of anilines is 6. The summed E-state index contributed by atoms with van der Waals surface area (Å²) in [5.74, 6) is 0.422. The smallest absolute Gasteiger partial charge is 0.264 e. The van der Waals surface area contributed by atoms with E-state index in [1.165, 1.54) is 121 Å². The van der Waals surface area contributed by atoms with E-state index in [-0.39, 0.29) is 6.71 Å². The molecule has 4 aliphatic rings. The van der Waals surface area contributed by atoms with E-state index in [0.717, 1.165) is 0 Å². The lowest BCUT2D eigenvalue weighted by molar-refractivity contribution is 0.785. The van der Waals surface area contributed by atoms with Crippen molar-refractivity contribution in [1.29, 1.82) is 0 Å². The fourth-order valence-corrected chi connectivity index (χ4v) is 12.7. The maximum atomic E-state index is 2.61. The first-order valence-corrected chi connectivity index (χ1v) is 22.1. The van der Waals surface area contributed by atoms with Crippen molar-refractivity contribution in [3.05, 3.63) is 209 Å². The number of aryl methyl sites for hydroxylation is 2. The minimum atomic E-state index is -0.404. The van der Waals surface area contributed by atoms with Gasteiger partial charge in [0.1, 0.15) is 0 Å². The predicted octanol–water partition coefficient (Wildman–Crippen LogP) is 13.1. The number of rotatable bonds is 3. The Morgan fingerprint density at radius 2 is 1.12 bits per heavy atom. The maximum absolute atomic E-state index is 2.61. The molecule has 2 aliphatic carbocycles. The van der Waals surface area contributed by atoms with Crippen molar-refractivity contribution in [3.8, 4) is 22.3 Å². The van der Waals surface area contributed by atoms with Crippen molar-refractivity contribution in [2.24, 2.45) is 0 Å². The van der Waals surface area contributed by atoms with E-state index in [0.29, 0.717) is 5.92 Å². The predicted molar refractivity (Wildman–Crippen MR) is 256 cm³/mol. The lowest BCUT2D eigenvalue weighted by atomic mass is 9.36. The Labute approximate surface area is 356 Å². The van der Waals surface area contributed by atoms with Crippen LogP contribution in [0.1, 0.15) is 58.7 Å². The second kappa shape index (κ2) is 12.2. The van der Waals surface area contributed by atoms with Gasteiger partial charge in [0.2, 0.25) is 0 Å². The molecule has 284 valence electrons.